The Morgan fingerprint density at radius 2 is 2.07 bits per heavy atom. The summed E-state index contributed by atoms with van der Waals surface area (Å²) in [5.74, 6) is 0.720. The van der Waals surface area contributed by atoms with Gasteiger partial charge in [0.15, 0.2) is 0 Å². The number of rotatable bonds is 3. The van der Waals surface area contributed by atoms with Crippen LogP contribution in [0.15, 0.2) is 18.2 Å². The van der Waals surface area contributed by atoms with Crippen LogP contribution in [0.3, 0.4) is 0 Å². The average molecular weight is 224 g/mol. The third-order valence-electron chi connectivity index (χ3n) is 2.92. The van der Waals surface area contributed by atoms with Crippen molar-refractivity contribution >= 4 is 11.6 Å². The Labute approximate surface area is 96.8 Å². The molecule has 0 amide bonds. The minimum absolute atomic E-state index is 0.612. The van der Waals surface area contributed by atoms with E-state index < -0.39 is 0 Å². The van der Waals surface area contributed by atoms with Gasteiger partial charge in [-0.2, -0.15) is 0 Å². The normalized spacial score (nSPS) is 19.6. The van der Waals surface area contributed by atoms with Crippen molar-refractivity contribution in [2.75, 3.05) is 6.54 Å². The molecule has 1 aliphatic carbocycles. The summed E-state index contributed by atoms with van der Waals surface area (Å²) in [6.45, 7) is 5.59. The molecule has 1 aromatic rings. The fourth-order valence-electron chi connectivity index (χ4n) is 2.13. The third kappa shape index (κ3) is 2.73. The lowest BCUT2D eigenvalue weighted by molar-refractivity contribution is 0.474. The summed E-state index contributed by atoms with van der Waals surface area (Å²) >= 11 is 5.98. The average Bonchev–Trinajstić information content (AvgIpc) is 2.56. The van der Waals surface area contributed by atoms with E-state index in [1.807, 2.05) is 6.07 Å². The maximum atomic E-state index is 5.98. The Balaban J connectivity index is 1.97. The van der Waals surface area contributed by atoms with Crippen molar-refractivity contribution in [2.45, 2.75) is 32.7 Å². The quantitative estimate of drug-likeness (QED) is 0.831. The van der Waals surface area contributed by atoms with Crippen molar-refractivity contribution in [1.29, 1.82) is 0 Å². The van der Waals surface area contributed by atoms with E-state index in [-0.39, 0.29) is 0 Å². The Morgan fingerprint density at radius 3 is 2.80 bits per heavy atom. The highest BCUT2D eigenvalue weighted by Crippen LogP contribution is 2.25. The molecule has 0 spiro atoms. The minimum Gasteiger partial charge on any atom is -0.313 e. The van der Waals surface area contributed by atoms with Crippen LogP contribution in [-0.4, -0.2) is 12.6 Å². The van der Waals surface area contributed by atoms with Gasteiger partial charge in [0.05, 0.1) is 0 Å². The van der Waals surface area contributed by atoms with E-state index in [0.29, 0.717) is 6.04 Å². The van der Waals surface area contributed by atoms with E-state index in [1.54, 1.807) is 0 Å². The van der Waals surface area contributed by atoms with Gasteiger partial charge >= 0.3 is 0 Å². The smallest absolute Gasteiger partial charge is 0.0408 e. The Bertz CT molecular complexity index is 346. The van der Waals surface area contributed by atoms with Crippen LogP contribution in [0.4, 0.5) is 0 Å². The van der Waals surface area contributed by atoms with Gasteiger partial charge in [0.25, 0.3) is 0 Å². The maximum Gasteiger partial charge on any atom is 0.0408 e. The van der Waals surface area contributed by atoms with Crippen LogP contribution in [-0.2, 0) is 12.8 Å². The summed E-state index contributed by atoms with van der Waals surface area (Å²) in [6, 6.07) is 6.87. The molecule has 0 radical (unpaired) electrons. The molecule has 2 heteroatoms. The number of benzene rings is 1. The summed E-state index contributed by atoms with van der Waals surface area (Å²) in [7, 11) is 0. The lowest BCUT2D eigenvalue weighted by Crippen LogP contribution is -2.32. The van der Waals surface area contributed by atoms with Gasteiger partial charge in [-0.1, -0.05) is 31.5 Å². The maximum absolute atomic E-state index is 5.98. The molecule has 2 rings (SSSR count). The van der Waals surface area contributed by atoms with Crippen LogP contribution in [0, 0.1) is 5.92 Å². The topological polar surface area (TPSA) is 12.0 Å². The highest BCUT2D eigenvalue weighted by atomic mass is 35.5. The van der Waals surface area contributed by atoms with E-state index in [2.05, 4.69) is 31.3 Å². The molecule has 1 aromatic carbocycles. The lowest BCUT2D eigenvalue weighted by atomic mass is 10.1. The molecule has 0 fully saturated rings. The van der Waals surface area contributed by atoms with Gasteiger partial charge in [-0.05, 0) is 48.6 Å². The molecule has 0 saturated heterocycles. The second-order valence-electron chi connectivity index (χ2n) is 4.82. The fourth-order valence-corrected chi connectivity index (χ4v) is 2.33. The number of halogens is 1. The number of fused-ring (bicyclic) bond motifs is 1. The Kier molecular flexibility index (Phi) is 3.32. The van der Waals surface area contributed by atoms with Crippen LogP contribution in [0.5, 0.6) is 0 Å². The molecule has 0 aliphatic heterocycles. The van der Waals surface area contributed by atoms with Crippen molar-refractivity contribution in [3.8, 4) is 0 Å². The molecule has 0 bridgehead atoms. The lowest BCUT2D eigenvalue weighted by Gasteiger charge is -2.13. The zero-order valence-electron chi connectivity index (χ0n) is 9.39. The van der Waals surface area contributed by atoms with Crippen molar-refractivity contribution in [1.82, 2.24) is 5.32 Å². The first kappa shape index (κ1) is 11.0. The van der Waals surface area contributed by atoms with Gasteiger partial charge in [0, 0.05) is 11.1 Å². The molecule has 0 heterocycles. The molecular weight excluding hydrogens is 206 g/mol. The van der Waals surface area contributed by atoms with Crippen LogP contribution in [0.2, 0.25) is 5.02 Å². The molecular formula is C13H18ClN. The number of nitrogens with one attached hydrogen (secondary N) is 1. The van der Waals surface area contributed by atoms with Gasteiger partial charge in [0.2, 0.25) is 0 Å². The number of hydrogen-bond donors (Lipinski definition) is 1. The van der Waals surface area contributed by atoms with Gasteiger partial charge < -0.3 is 5.32 Å². The van der Waals surface area contributed by atoms with Crippen LogP contribution >= 0.6 is 11.6 Å². The van der Waals surface area contributed by atoms with E-state index >= 15 is 0 Å². The number of hydrogen-bond acceptors (Lipinski definition) is 1. The molecule has 1 nitrogen and oxygen atoms in total. The van der Waals surface area contributed by atoms with Gasteiger partial charge in [-0.25, -0.2) is 0 Å². The summed E-state index contributed by atoms with van der Waals surface area (Å²) in [4.78, 5) is 0. The van der Waals surface area contributed by atoms with Gasteiger partial charge in [-0.3, -0.25) is 0 Å². The van der Waals surface area contributed by atoms with E-state index in [0.717, 1.165) is 30.3 Å². The predicted octanol–water partition coefficient (Wildman–Crippen LogP) is 3.05. The molecule has 1 unspecified atom stereocenters. The van der Waals surface area contributed by atoms with E-state index in [9.17, 15) is 0 Å². The van der Waals surface area contributed by atoms with Crippen molar-refractivity contribution in [2.24, 2.45) is 5.92 Å². The third-order valence-corrected chi connectivity index (χ3v) is 3.15. The molecule has 0 aromatic heterocycles. The molecule has 1 aliphatic rings. The first-order chi connectivity index (χ1) is 7.15. The Hall–Kier alpha value is -0.530. The Morgan fingerprint density at radius 1 is 1.33 bits per heavy atom. The van der Waals surface area contributed by atoms with Crippen LogP contribution in [0.1, 0.15) is 25.0 Å². The van der Waals surface area contributed by atoms with Crippen LogP contribution < -0.4 is 5.32 Å². The van der Waals surface area contributed by atoms with Crippen LogP contribution in [0.25, 0.3) is 0 Å². The highest BCUT2D eigenvalue weighted by Gasteiger charge is 2.20. The van der Waals surface area contributed by atoms with Gasteiger partial charge in [0.1, 0.15) is 0 Å². The molecule has 1 atom stereocenters. The monoisotopic (exact) mass is 223 g/mol. The van der Waals surface area contributed by atoms with E-state index in [1.165, 1.54) is 11.1 Å². The second kappa shape index (κ2) is 4.54. The standard InChI is InChI=1S/C13H18ClN/c1-9(2)8-15-13-6-10-3-4-12(14)5-11(10)7-13/h3-5,9,13,15H,6-8H2,1-2H3. The van der Waals surface area contributed by atoms with Crippen molar-refractivity contribution < 1.29 is 0 Å². The minimum atomic E-state index is 0.612. The summed E-state index contributed by atoms with van der Waals surface area (Å²) in [5.41, 5.74) is 2.88. The molecule has 15 heavy (non-hydrogen) atoms. The summed E-state index contributed by atoms with van der Waals surface area (Å²) in [5, 5.41) is 4.46. The molecule has 1 N–H and O–H groups in total. The molecule has 82 valence electrons. The zero-order chi connectivity index (χ0) is 10.8. The first-order valence-corrected chi connectivity index (χ1v) is 6.03. The summed E-state index contributed by atoms with van der Waals surface area (Å²) < 4.78 is 0. The highest BCUT2D eigenvalue weighted by molar-refractivity contribution is 6.30. The zero-order valence-corrected chi connectivity index (χ0v) is 10.1. The SMILES string of the molecule is CC(C)CNC1Cc2ccc(Cl)cc2C1. The first-order valence-electron chi connectivity index (χ1n) is 5.66. The largest absolute Gasteiger partial charge is 0.313 e. The van der Waals surface area contributed by atoms with E-state index in [4.69, 9.17) is 11.6 Å². The van der Waals surface area contributed by atoms with Crippen molar-refractivity contribution in [3.63, 3.8) is 0 Å². The second-order valence-corrected chi connectivity index (χ2v) is 5.26. The van der Waals surface area contributed by atoms with Crippen molar-refractivity contribution in [3.05, 3.63) is 34.3 Å². The predicted molar refractivity (Wildman–Crippen MR) is 65.5 cm³/mol. The summed E-state index contributed by atoms with van der Waals surface area (Å²) in [6.07, 6.45) is 2.28. The molecule has 0 saturated carbocycles. The fraction of sp³-hybridized carbons (Fsp3) is 0.538. The van der Waals surface area contributed by atoms with Gasteiger partial charge in [-0.15, -0.1) is 0 Å².